The van der Waals surface area contributed by atoms with Crippen molar-refractivity contribution >= 4 is 23.1 Å². The fourth-order valence-electron chi connectivity index (χ4n) is 6.14. The molecule has 1 atom stereocenters. The Labute approximate surface area is 182 Å². The van der Waals surface area contributed by atoms with Crippen molar-refractivity contribution in [1.29, 1.82) is 0 Å². The highest BCUT2D eigenvalue weighted by molar-refractivity contribution is 5.89. The SMILES string of the molecule is CC(Nc1ccc(C(F)(F)F)cc1[N+](=O)[O-])C(=O)OCC(=O)C12CC3CC(CC(C3)C1)C2. The number of rotatable bonds is 7. The lowest BCUT2D eigenvalue weighted by Gasteiger charge is -2.55. The number of hydrogen-bond acceptors (Lipinski definition) is 6. The quantitative estimate of drug-likeness (QED) is 0.363. The Morgan fingerprint density at radius 3 is 2.25 bits per heavy atom. The third kappa shape index (κ3) is 4.31. The third-order valence-corrected chi connectivity index (χ3v) is 7.22. The van der Waals surface area contributed by atoms with E-state index < -0.39 is 39.8 Å². The zero-order valence-corrected chi connectivity index (χ0v) is 17.6. The van der Waals surface area contributed by atoms with Crippen molar-refractivity contribution < 1.29 is 32.4 Å². The molecule has 1 aromatic carbocycles. The monoisotopic (exact) mass is 454 g/mol. The van der Waals surface area contributed by atoms with Crippen LogP contribution in [-0.4, -0.2) is 29.3 Å². The molecule has 1 unspecified atom stereocenters. The van der Waals surface area contributed by atoms with E-state index in [4.69, 9.17) is 4.74 Å². The fraction of sp³-hybridized carbons (Fsp3) is 0.636. The van der Waals surface area contributed by atoms with Gasteiger partial charge in [-0.15, -0.1) is 0 Å². The minimum atomic E-state index is -4.73. The van der Waals surface area contributed by atoms with Crippen LogP contribution in [0, 0.1) is 33.3 Å². The van der Waals surface area contributed by atoms with Gasteiger partial charge in [0, 0.05) is 11.5 Å². The lowest BCUT2D eigenvalue weighted by molar-refractivity contribution is -0.384. The number of Topliss-reactive ketones (excluding diaryl/α,β-unsaturated/α-hetero) is 1. The summed E-state index contributed by atoms with van der Waals surface area (Å²) in [5.74, 6) is 0.847. The molecule has 0 spiro atoms. The van der Waals surface area contributed by atoms with E-state index in [2.05, 4.69) is 5.32 Å². The molecule has 32 heavy (non-hydrogen) atoms. The zero-order valence-electron chi connectivity index (χ0n) is 17.6. The second-order valence-corrected chi connectivity index (χ2v) is 9.58. The molecule has 7 nitrogen and oxygen atoms in total. The number of nitrogens with zero attached hydrogens (tertiary/aromatic N) is 1. The molecule has 5 rings (SSSR count). The number of alkyl halides is 3. The Bertz CT molecular complexity index is 911. The van der Waals surface area contributed by atoms with Crippen molar-refractivity contribution in [3.63, 3.8) is 0 Å². The van der Waals surface area contributed by atoms with E-state index in [1.54, 1.807) is 0 Å². The van der Waals surface area contributed by atoms with Gasteiger partial charge in [0.15, 0.2) is 12.4 Å². The highest BCUT2D eigenvalue weighted by atomic mass is 19.4. The summed E-state index contributed by atoms with van der Waals surface area (Å²) in [6.45, 7) is 1.02. The Kier molecular flexibility index (Phi) is 5.67. The van der Waals surface area contributed by atoms with Gasteiger partial charge >= 0.3 is 12.1 Å². The number of esters is 1. The Morgan fingerprint density at radius 1 is 1.19 bits per heavy atom. The normalized spacial score (nSPS) is 29.4. The number of nitrogens with one attached hydrogen (secondary N) is 1. The molecule has 10 heteroatoms. The maximum absolute atomic E-state index is 13.0. The van der Waals surface area contributed by atoms with Gasteiger partial charge in [0.1, 0.15) is 11.7 Å². The molecule has 4 aliphatic carbocycles. The van der Waals surface area contributed by atoms with Gasteiger partial charge in [0.05, 0.1) is 10.5 Å². The van der Waals surface area contributed by atoms with E-state index in [9.17, 15) is 32.9 Å². The lowest BCUT2D eigenvalue weighted by Crippen LogP contribution is -2.51. The van der Waals surface area contributed by atoms with E-state index >= 15 is 0 Å². The highest BCUT2D eigenvalue weighted by Gasteiger charge is 2.54. The van der Waals surface area contributed by atoms with Gasteiger partial charge in [-0.25, -0.2) is 4.79 Å². The van der Waals surface area contributed by atoms with Crippen LogP contribution in [0.2, 0.25) is 0 Å². The van der Waals surface area contributed by atoms with E-state index in [-0.39, 0.29) is 18.1 Å². The van der Waals surface area contributed by atoms with Gasteiger partial charge in [-0.05, 0) is 75.3 Å². The van der Waals surface area contributed by atoms with Crippen LogP contribution in [0.25, 0.3) is 0 Å². The molecule has 4 saturated carbocycles. The zero-order chi connectivity index (χ0) is 23.3. The number of ketones is 1. The van der Waals surface area contributed by atoms with E-state index in [1.165, 1.54) is 26.2 Å². The first-order valence-electron chi connectivity index (χ1n) is 10.8. The number of nitro groups is 1. The summed E-state index contributed by atoms with van der Waals surface area (Å²) in [6.07, 6.45) is 1.35. The van der Waals surface area contributed by atoms with Crippen LogP contribution in [-0.2, 0) is 20.5 Å². The summed E-state index contributed by atoms with van der Waals surface area (Å²) in [6, 6.07) is 0.932. The maximum atomic E-state index is 13.0. The predicted molar refractivity (Wildman–Crippen MR) is 108 cm³/mol. The van der Waals surface area contributed by atoms with E-state index in [0.717, 1.165) is 25.3 Å². The maximum Gasteiger partial charge on any atom is 0.416 e. The van der Waals surface area contributed by atoms with Gasteiger partial charge < -0.3 is 10.1 Å². The molecule has 1 aromatic rings. The molecule has 0 saturated heterocycles. The number of benzene rings is 1. The molecule has 0 aliphatic heterocycles. The van der Waals surface area contributed by atoms with Gasteiger partial charge in [-0.1, -0.05) is 0 Å². The topological polar surface area (TPSA) is 98.5 Å². The molecule has 1 N–H and O–H groups in total. The summed E-state index contributed by atoms with van der Waals surface area (Å²) in [7, 11) is 0. The van der Waals surface area contributed by atoms with Crippen LogP contribution in [0.3, 0.4) is 0 Å². The van der Waals surface area contributed by atoms with Gasteiger partial charge in [-0.2, -0.15) is 13.2 Å². The van der Waals surface area contributed by atoms with Crippen molar-refractivity contribution in [2.75, 3.05) is 11.9 Å². The van der Waals surface area contributed by atoms with Crippen LogP contribution in [0.1, 0.15) is 51.0 Å². The summed E-state index contributed by atoms with van der Waals surface area (Å²) in [5, 5.41) is 13.7. The van der Waals surface area contributed by atoms with Crippen LogP contribution >= 0.6 is 0 Å². The van der Waals surface area contributed by atoms with Gasteiger partial charge in [0.25, 0.3) is 5.69 Å². The van der Waals surface area contributed by atoms with Crippen LogP contribution in [0.5, 0.6) is 0 Å². The number of halogens is 3. The summed E-state index contributed by atoms with van der Waals surface area (Å²) >= 11 is 0. The minimum absolute atomic E-state index is 0.0716. The average molecular weight is 454 g/mol. The molecule has 0 amide bonds. The molecule has 0 radical (unpaired) electrons. The summed E-state index contributed by atoms with van der Waals surface area (Å²) in [5.41, 5.74) is -2.60. The number of carbonyl (C=O) groups is 2. The molecule has 174 valence electrons. The minimum Gasteiger partial charge on any atom is -0.456 e. The number of anilines is 1. The molecule has 4 bridgehead atoms. The second kappa shape index (κ2) is 8.04. The van der Waals surface area contributed by atoms with Crippen LogP contribution in [0.4, 0.5) is 24.5 Å². The number of carbonyl (C=O) groups excluding carboxylic acids is 2. The molecule has 4 fully saturated rings. The first-order valence-corrected chi connectivity index (χ1v) is 10.8. The first kappa shape index (κ1) is 22.5. The number of ether oxygens (including phenoxy) is 1. The third-order valence-electron chi connectivity index (χ3n) is 7.22. The van der Waals surface area contributed by atoms with Gasteiger partial charge in [0.2, 0.25) is 0 Å². The van der Waals surface area contributed by atoms with Gasteiger partial charge in [-0.3, -0.25) is 14.9 Å². The largest absolute Gasteiger partial charge is 0.456 e. The van der Waals surface area contributed by atoms with Crippen molar-refractivity contribution in [1.82, 2.24) is 0 Å². The molecule has 0 aromatic heterocycles. The second-order valence-electron chi connectivity index (χ2n) is 9.58. The van der Waals surface area contributed by atoms with Crippen LogP contribution in [0.15, 0.2) is 18.2 Å². The van der Waals surface area contributed by atoms with Crippen LogP contribution < -0.4 is 5.32 Å². The Balaban J connectivity index is 1.37. The number of hydrogen-bond donors (Lipinski definition) is 1. The van der Waals surface area contributed by atoms with Crippen molar-refractivity contribution in [2.45, 2.75) is 57.7 Å². The van der Waals surface area contributed by atoms with E-state index in [0.29, 0.717) is 29.9 Å². The lowest BCUT2D eigenvalue weighted by atomic mass is 9.48. The predicted octanol–water partition coefficient (Wildman–Crippen LogP) is 4.74. The molecule has 0 heterocycles. The Morgan fingerprint density at radius 2 is 1.75 bits per heavy atom. The smallest absolute Gasteiger partial charge is 0.416 e. The summed E-state index contributed by atoms with van der Waals surface area (Å²) < 4.78 is 43.8. The fourth-order valence-corrected chi connectivity index (χ4v) is 6.14. The summed E-state index contributed by atoms with van der Waals surface area (Å²) in [4.78, 5) is 35.6. The Hall–Kier alpha value is -2.65. The van der Waals surface area contributed by atoms with E-state index in [1.807, 2.05) is 0 Å². The molecular formula is C22H25F3N2O5. The first-order chi connectivity index (χ1) is 15.0. The van der Waals surface area contributed by atoms with Crippen molar-refractivity contribution in [2.24, 2.45) is 23.2 Å². The standard InChI is InChI=1S/C22H25F3N2O5/c1-12(26-17-3-2-16(22(23,24)25)7-18(17)27(30)31)20(29)32-11-19(28)21-8-13-4-14(9-21)6-15(5-13)10-21/h2-3,7,12-15,26H,4-6,8-11H2,1H3. The average Bonchev–Trinajstić information content (AvgIpc) is 2.69. The number of nitro benzene ring substituents is 1. The van der Waals surface area contributed by atoms with Crippen molar-refractivity contribution in [3.8, 4) is 0 Å². The highest BCUT2D eigenvalue weighted by Crippen LogP contribution is 2.60. The van der Waals surface area contributed by atoms with Crippen molar-refractivity contribution in [3.05, 3.63) is 33.9 Å². The molecule has 4 aliphatic rings. The molecular weight excluding hydrogens is 429 g/mol.